The van der Waals surface area contributed by atoms with E-state index < -0.39 is 17.8 Å². The number of carboxylic acid groups (broad SMARTS) is 1. The van der Waals surface area contributed by atoms with Gasteiger partial charge < -0.3 is 16.2 Å². The molecule has 0 spiro atoms. The number of nitrogens with one attached hydrogen (secondary N) is 1. The van der Waals surface area contributed by atoms with Gasteiger partial charge in [-0.25, -0.2) is 4.79 Å². The molecule has 0 aliphatic heterocycles. The summed E-state index contributed by atoms with van der Waals surface area (Å²) in [4.78, 5) is 34.0. The van der Waals surface area contributed by atoms with E-state index in [1.165, 1.54) is 36.4 Å². The largest absolute Gasteiger partial charge is 0.478 e. The van der Waals surface area contributed by atoms with Crippen molar-refractivity contribution in [1.82, 2.24) is 0 Å². The van der Waals surface area contributed by atoms with E-state index in [9.17, 15) is 14.4 Å². The Morgan fingerprint density at radius 3 is 2.19 bits per heavy atom. The maximum Gasteiger partial charge on any atom is 0.335 e. The molecular weight excluding hydrogens is 272 g/mol. The number of rotatable bonds is 4. The van der Waals surface area contributed by atoms with Crippen molar-refractivity contribution in [1.29, 1.82) is 0 Å². The highest BCUT2D eigenvalue weighted by atomic mass is 16.4. The summed E-state index contributed by atoms with van der Waals surface area (Å²) in [6, 6.07) is 11.8. The maximum absolute atomic E-state index is 12.1. The highest BCUT2D eigenvalue weighted by Gasteiger charge is 2.10. The zero-order chi connectivity index (χ0) is 15.4. The Morgan fingerprint density at radius 1 is 0.905 bits per heavy atom. The van der Waals surface area contributed by atoms with Gasteiger partial charge in [-0.3, -0.25) is 9.59 Å². The first-order valence-corrected chi connectivity index (χ1v) is 6.02. The Kier molecular flexibility index (Phi) is 3.99. The van der Waals surface area contributed by atoms with Gasteiger partial charge in [0, 0.05) is 16.8 Å². The van der Waals surface area contributed by atoms with Crippen molar-refractivity contribution in [3.63, 3.8) is 0 Å². The monoisotopic (exact) mass is 284 g/mol. The van der Waals surface area contributed by atoms with Gasteiger partial charge in [-0.1, -0.05) is 12.1 Å². The number of anilines is 1. The normalized spacial score (nSPS) is 9.90. The first kappa shape index (κ1) is 14.3. The topological polar surface area (TPSA) is 109 Å². The Balaban J connectivity index is 2.22. The second-order valence-corrected chi connectivity index (χ2v) is 4.29. The van der Waals surface area contributed by atoms with Crippen molar-refractivity contribution in [2.45, 2.75) is 0 Å². The summed E-state index contributed by atoms with van der Waals surface area (Å²) in [6.45, 7) is 0. The van der Waals surface area contributed by atoms with Gasteiger partial charge in [-0.15, -0.1) is 0 Å². The minimum absolute atomic E-state index is 0.0682. The lowest BCUT2D eigenvalue weighted by atomic mass is 10.1. The average Bonchev–Trinajstić information content (AvgIpc) is 2.47. The fourth-order valence-corrected chi connectivity index (χ4v) is 1.75. The molecule has 106 valence electrons. The predicted molar refractivity (Wildman–Crippen MR) is 76.3 cm³/mol. The second kappa shape index (κ2) is 5.87. The van der Waals surface area contributed by atoms with Gasteiger partial charge in [-0.2, -0.15) is 0 Å². The number of nitrogens with two attached hydrogens (primary N) is 1. The van der Waals surface area contributed by atoms with Gasteiger partial charge in [0.05, 0.1) is 5.56 Å². The lowest BCUT2D eigenvalue weighted by Gasteiger charge is -2.07. The third-order valence-corrected chi connectivity index (χ3v) is 2.78. The molecule has 6 heteroatoms. The van der Waals surface area contributed by atoms with Crippen LogP contribution in [0.3, 0.4) is 0 Å². The van der Waals surface area contributed by atoms with Crippen molar-refractivity contribution in [2.75, 3.05) is 5.32 Å². The van der Waals surface area contributed by atoms with Crippen LogP contribution in [0.4, 0.5) is 5.69 Å². The summed E-state index contributed by atoms with van der Waals surface area (Å²) >= 11 is 0. The minimum Gasteiger partial charge on any atom is -0.478 e. The van der Waals surface area contributed by atoms with Crippen LogP contribution >= 0.6 is 0 Å². The summed E-state index contributed by atoms with van der Waals surface area (Å²) in [6.07, 6.45) is 0. The molecule has 0 aromatic heterocycles. The number of aromatic carboxylic acids is 1. The van der Waals surface area contributed by atoms with Crippen LogP contribution in [0, 0.1) is 0 Å². The molecule has 0 bridgehead atoms. The van der Waals surface area contributed by atoms with Crippen LogP contribution in [0.25, 0.3) is 0 Å². The van der Waals surface area contributed by atoms with Crippen LogP contribution in [0.5, 0.6) is 0 Å². The van der Waals surface area contributed by atoms with E-state index in [1.807, 2.05) is 0 Å². The van der Waals surface area contributed by atoms with Crippen LogP contribution in [0.1, 0.15) is 31.1 Å². The molecule has 0 unspecified atom stereocenters. The molecule has 0 heterocycles. The third kappa shape index (κ3) is 3.44. The lowest BCUT2D eigenvalue weighted by Crippen LogP contribution is -2.15. The third-order valence-electron chi connectivity index (χ3n) is 2.78. The summed E-state index contributed by atoms with van der Waals surface area (Å²) in [5.41, 5.74) is 6.05. The minimum atomic E-state index is -1.08. The molecule has 0 aliphatic rings. The molecule has 0 saturated heterocycles. The van der Waals surface area contributed by atoms with Crippen LogP contribution < -0.4 is 11.1 Å². The zero-order valence-corrected chi connectivity index (χ0v) is 10.9. The Bertz CT molecular complexity index is 725. The van der Waals surface area contributed by atoms with Crippen LogP contribution in [-0.2, 0) is 0 Å². The first-order valence-electron chi connectivity index (χ1n) is 6.02. The fourth-order valence-electron chi connectivity index (χ4n) is 1.75. The number of carbonyl (C=O) groups is 3. The SMILES string of the molecule is NC(=O)c1cccc(C(=O)Nc2cccc(C(=O)O)c2)c1. The van der Waals surface area contributed by atoms with Gasteiger partial charge in [0.1, 0.15) is 0 Å². The van der Waals surface area contributed by atoms with E-state index in [-0.39, 0.29) is 16.7 Å². The van der Waals surface area contributed by atoms with E-state index in [1.54, 1.807) is 12.1 Å². The Morgan fingerprint density at radius 2 is 1.52 bits per heavy atom. The number of primary amides is 1. The fraction of sp³-hybridized carbons (Fsp3) is 0. The molecule has 21 heavy (non-hydrogen) atoms. The molecule has 0 fully saturated rings. The molecule has 2 aromatic rings. The lowest BCUT2D eigenvalue weighted by molar-refractivity contribution is 0.0696. The summed E-state index contributed by atoms with van der Waals surface area (Å²) in [5, 5.41) is 11.5. The van der Waals surface area contributed by atoms with E-state index >= 15 is 0 Å². The second-order valence-electron chi connectivity index (χ2n) is 4.29. The molecule has 0 atom stereocenters. The van der Waals surface area contributed by atoms with Gasteiger partial charge in [0.25, 0.3) is 5.91 Å². The van der Waals surface area contributed by atoms with Crippen LogP contribution in [-0.4, -0.2) is 22.9 Å². The number of amides is 2. The smallest absolute Gasteiger partial charge is 0.335 e. The number of carbonyl (C=O) groups excluding carboxylic acids is 2. The van der Waals surface area contributed by atoms with E-state index in [0.29, 0.717) is 5.69 Å². The molecule has 2 amide bonds. The quantitative estimate of drug-likeness (QED) is 0.794. The van der Waals surface area contributed by atoms with E-state index in [0.717, 1.165) is 0 Å². The maximum atomic E-state index is 12.1. The molecule has 4 N–H and O–H groups in total. The molecule has 2 rings (SSSR count). The average molecular weight is 284 g/mol. The standard InChI is InChI=1S/C15H12N2O4/c16-13(18)9-3-1-4-10(7-9)14(19)17-12-6-2-5-11(8-12)15(20)21/h1-8H,(H2,16,18)(H,17,19)(H,20,21). The van der Waals surface area contributed by atoms with E-state index in [4.69, 9.17) is 10.8 Å². The first-order chi connectivity index (χ1) is 9.97. The molecule has 2 aromatic carbocycles. The van der Waals surface area contributed by atoms with Crippen molar-refractivity contribution in [3.05, 3.63) is 65.2 Å². The van der Waals surface area contributed by atoms with Crippen molar-refractivity contribution >= 4 is 23.5 Å². The van der Waals surface area contributed by atoms with Crippen LogP contribution in [0.15, 0.2) is 48.5 Å². The molecule has 0 radical (unpaired) electrons. The number of benzene rings is 2. The van der Waals surface area contributed by atoms with Crippen molar-refractivity contribution in [2.24, 2.45) is 5.73 Å². The van der Waals surface area contributed by atoms with Gasteiger partial charge in [-0.05, 0) is 36.4 Å². The van der Waals surface area contributed by atoms with Crippen molar-refractivity contribution in [3.8, 4) is 0 Å². The van der Waals surface area contributed by atoms with Gasteiger partial charge >= 0.3 is 5.97 Å². The molecule has 0 saturated carbocycles. The molecule has 6 nitrogen and oxygen atoms in total. The zero-order valence-electron chi connectivity index (χ0n) is 10.9. The number of carboxylic acids is 1. The van der Waals surface area contributed by atoms with E-state index in [2.05, 4.69) is 5.32 Å². The summed E-state index contributed by atoms with van der Waals surface area (Å²) in [7, 11) is 0. The Hall–Kier alpha value is -3.15. The molecular formula is C15H12N2O4. The predicted octanol–water partition coefficient (Wildman–Crippen LogP) is 1.74. The van der Waals surface area contributed by atoms with Crippen molar-refractivity contribution < 1.29 is 19.5 Å². The highest BCUT2D eigenvalue weighted by molar-refractivity contribution is 6.06. The summed E-state index contributed by atoms with van der Waals surface area (Å²) < 4.78 is 0. The van der Waals surface area contributed by atoms with Gasteiger partial charge in [0.2, 0.25) is 5.91 Å². The Labute approximate surface area is 120 Å². The van der Waals surface area contributed by atoms with Gasteiger partial charge in [0.15, 0.2) is 0 Å². The number of hydrogen-bond donors (Lipinski definition) is 3. The highest BCUT2D eigenvalue weighted by Crippen LogP contribution is 2.13. The number of hydrogen-bond acceptors (Lipinski definition) is 3. The molecule has 0 aliphatic carbocycles. The van der Waals surface area contributed by atoms with Crippen LogP contribution in [0.2, 0.25) is 0 Å². The summed E-state index contributed by atoms with van der Waals surface area (Å²) in [5.74, 6) is -2.17.